The predicted octanol–water partition coefficient (Wildman–Crippen LogP) is 4.30. The zero-order valence-corrected chi connectivity index (χ0v) is 24.2. The standard InChI is InChI=1S/C24H38O12P2/c1-6-30-37(5,27)32-14-15-33-38(28,31-7-2)16-13-21-22(29-17-20-11-9-8-10-12-20)23(34-18(3)25)24(36-21)35-19(4)26/h8-12,21-24H,6-7,13-17H2,1-5H3/t21-,22?,23+,24-,37?,38?/m1/s1. The number of esters is 2. The van der Waals surface area contributed by atoms with Crippen LogP contribution < -0.4 is 0 Å². The highest BCUT2D eigenvalue weighted by Gasteiger charge is 2.50. The Morgan fingerprint density at radius 1 is 0.868 bits per heavy atom. The summed E-state index contributed by atoms with van der Waals surface area (Å²) in [7, 11) is -6.86. The lowest BCUT2D eigenvalue weighted by Gasteiger charge is -2.25. The average molecular weight is 581 g/mol. The van der Waals surface area contributed by atoms with Gasteiger partial charge in [-0.25, -0.2) is 0 Å². The molecular weight excluding hydrogens is 542 g/mol. The molecule has 38 heavy (non-hydrogen) atoms. The summed E-state index contributed by atoms with van der Waals surface area (Å²) >= 11 is 0. The van der Waals surface area contributed by atoms with Gasteiger partial charge in [0.25, 0.3) is 0 Å². The number of hydrogen-bond donors (Lipinski definition) is 0. The van der Waals surface area contributed by atoms with E-state index in [0.29, 0.717) is 0 Å². The van der Waals surface area contributed by atoms with Crippen LogP contribution in [0, 0.1) is 0 Å². The summed E-state index contributed by atoms with van der Waals surface area (Å²) in [5.41, 5.74) is 0.868. The minimum Gasteiger partial charge on any atom is -0.453 e. The van der Waals surface area contributed by atoms with Gasteiger partial charge >= 0.3 is 27.1 Å². The van der Waals surface area contributed by atoms with Crippen LogP contribution in [-0.2, 0) is 62.4 Å². The maximum atomic E-state index is 13.4. The predicted molar refractivity (Wildman–Crippen MR) is 137 cm³/mol. The molecule has 0 bridgehead atoms. The molecule has 0 N–H and O–H groups in total. The quantitative estimate of drug-likeness (QED) is 0.147. The Morgan fingerprint density at radius 3 is 2.11 bits per heavy atom. The van der Waals surface area contributed by atoms with Gasteiger partial charge in [0.15, 0.2) is 6.10 Å². The molecule has 216 valence electrons. The van der Waals surface area contributed by atoms with E-state index in [0.717, 1.165) is 5.56 Å². The van der Waals surface area contributed by atoms with Crippen molar-refractivity contribution >= 4 is 27.1 Å². The molecule has 0 aromatic heterocycles. The molecule has 14 heteroatoms. The average Bonchev–Trinajstić information content (AvgIpc) is 3.15. The molecule has 0 spiro atoms. The van der Waals surface area contributed by atoms with Crippen molar-refractivity contribution in [1.29, 1.82) is 0 Å². The number of hydrogen-bond acceptors (Lipinski definition) is 12. The van der Waals surface area contributed by atoms with Gasteiger partial charge in [-0.2, -0.15) is 0 Å². The molecule has 1 fully saturated rings. The number of ether oxygens (including phenoxy) is 4. The second-order valence-electron chi connectivity index (χ2n) is 8.38. The van der Waals surface area contributed by atoms with E-state index in [1.807, 2.05) is 30.3 Å². The monoisotopic (exact) mass is 580 g/mol. The summed E-state index contributed by atoms with van der Waals surface area (Å²) < 4.78 is 69.3. The van der Waals surface area contributed by atoms with Gasteiger partial charge in [0.2, 0.25) is 6.29 Å². The number of benzene rings is 1. The zero-order chi connectivity index (χ0) is 28.2. The maximum absolute atomic E-state index is 13.4. The topological polar surface area (TPSA) is 142 Å². The van der Waals surface area contributed by atoms with Crippen LogP contribution in [0.15, 0.2) is 30.3 Å². The lowest BCUT2D eigenvalue weighted by atomic mass is 10.1. The first-order chi connectivity index (χ1) is 18.0. The third kappa shape index (κ3) is 11.2. The van der Waals surface area contributed by atoms with Crippen LogP contribution >= 0.6 is 15.2 Å². The molecule has 6 atom stereocenters. The van der Waals surface area contributed by atoms with Gasteiger partial charge in [-0.05, 0) is 25.8 Å². The van der Waals surface area contributed by atoms with E-state index in [1.165, 1.54) is 20.5 Å². The minimum absolute atomic E-state index is 0.0778. The van der Waals surface area contributed by atoms with E-state index in [9.17, 15) is 18.7 Å². The Bertz CT molecular complexity index is 972. The normalized spacial score (nSPS) is 24.3. The summed E-state index contributed by atoms with van der Waals surface area (Å²) in [6, 6.07) is 9.33. The molecule has 1 saturated heterocycles. The van der Waals surface area contributed by atoms with Crippen molar-refractivity contribution in [2.45, 2.75) is 65.3 Å². The highest BCUT2D eigenvalue weighted by molar-refractivity contribution is 7.54. The Kier molecular flexibility index (Phi) is 13.6. The molecule has 0 amide bonds. The lowest BCUT2D eigenvalue weighted by Crippen LogP contribution is -2.40. The lowest BCUT2D eigenvalue weighted by molar-refractivity contribution is -0.195. The van der Waals surface area contributed by atoms with Crippen LogP contribution in [0.25, 0.3) is 0 Å². The van der Waals surface area contributed by atoms with Crippen LogP contribution in [0.2, 0.25) is 0 Å². The third-order valence-corrected chi connectivity index (χ3v) is 8.62. The van der Waals surface area contributed by atoms with Crippen molar-refractivity contribution in [2.75, 3.05) is 39.3 Å². The van der Waals surface area contributed by atoms with Gasteiger partial charge in [0.1, 0.15) is 6.10 Å². The molecule has 12 nitrogen and oxygen atoms in total. The largest absolute Gasteiger partial charge is 0.453 e. The van der Waals surface area contributed by atoms with Gasteiger partial charge in [0.05, 0.1) is 45.3 Å². The summed E-state index contributed by atoms with van der Waals surface area (Å²) in [6.45, 7) is 7.40. The van der Waals surface area contributed by atoms with E-state index in [-0.39, 0.29) is 45.6 Å². The highest BCUT2D eigenvalue weighted by atomic mass is 31.2. The Balaban J connectivity index is 2.11. The van der Waals surface area contributed by atoms with Crippen LogP contribution in [-0.4, -0.2) is 75.8 Å². The molecule has 0 radical (unpaired) electrons. The first kappa shape index (κ1) is 32.6. The van der Waals surface area contributed by atoms with Gasteiger partial charge < -0.3 is 37.0 Å². The van der Waals surface area contributed by atoms with E-state index in [4.69, 9.17) is 37.0 Å². The van der Waals surface area contributed by atoms with E-state index < -0.39 is 51.7 Å². The van der Waals surface area contributed by atoms with Gasteiger partial charge in [-0.3, -0.25) is 18.7 Å². The molecule has 3 unspecified atom stereocenters. The van der Waals surface area contributed by atoms with Crippen LogP contribution in [0.3, 0.4) is 0 Å². The smallest absolute Gasteiger partial charge is 0.330 e. The molecule has 1 aliphatic heterocycles. The fourth-order valence-corrected chi connectivity index (χ4v) is 6.37. The fourth-order valence-electron chi connectivity index (χ4n) is 3.77. The summed E-state index contributed by atoms with van der Waals surface area (Å²) in [5, 5.41) is 0. The molecule has 1 aliphatic rings. The Labute approximate surface area is 223 Å². The van der Waals surface area contributed by atoms with Crippen molar-refractivity contribution in [2.24, 2.45) is 0 Å². The molecule has 1 heterocycles. The second kappa shape index (κ2) is 15.8. The van der Waals surface area contributed by atoms with E-state index in [2.05, 4.69) is 0 Å². The van der Waals surface area contributed by atoms with Gasteiger partial charge in [-0.15, -0.1) is 0 Å². The molecule has 2 rings (SSSR count). The maximum Gasteiger partial charge on any atom is 0.330 e. The van der Waals surface area contributed by atoms with Crippen molar-refractivity contribution in [3.63, 3.8) is 0 Å². The Hall–Kier alpha value is -1.62. The Morgan fingerprint density at radius 2 is 1.50 bits per heavy atom. The highest BCUT2D eigenvalue weighted by Crippen LogP contribution is 2.50. The first-order valence-corrected chi connectivity index (χ1v) is 16.1. The second-order valence-corrected chi connectivity index (χ2v) is 12.6. The van der Waals surface area contributed by atoms with Gasteiger partial charge in [0, 0.05) is 20.5 Å². The van der Waals surface area contributed by atoms with Crippen molar-refractivity contribution in [1.82, 2.24) is 0 Å². The summed E-state index contributed by atoms with van der Waals surface area (Å²) in [5.74, 6) is -1.23. The van der Waals surface area contributed by atoms with Crippen molar-refractivity contribution < 1.29 is 55.8 Å². The van der Waals surface area contributed by atoms with Crippen LogP contribution in [0.5, 0.6) is 0 Å². The van der Waals surface area contributed by atoms with E-state index in [1.54, 1.807) is 13.8 Å². The van der Waals surface area contributed by atoms with Crippen molar-refractivity contribution in [3.05, 3.63) is 35.9 Å². The number of rotatable bonds is 17. The van der Waals surface area contributed by atoms with E-state index >= 15 is 0 Å². The summed E-state index contributed by atoms with van der Waals surface area (Å²) in [4.78, 5) is 23.5. The van der Waals surface area contributed by atoms with Crippen molar-refractivity contribution in [3.8, 4) is 0 Å². The van der Waals surface area contributed by atoms with Gasteiger partial charge in [-0.1, -0.05) is 30.3 Å². The molecule has 1 aromatic carbocycles. The SMILES string of the molecule is CCOP(C)(=O)OCCOP(=O)(CC[C@H]1O[C@@H](OC(C)=O)[C@@H](OC(C)=O)C1OCc1ccccc1)OCC. The molecule has 0 aliphatic carbocycles. The first-order valence-electron chi connectivity index (χ1n) is 12.4. The van der Waals surface area contributed by atoms with Crippen LogP contribution in [0.1, 0.15) is 39.7 Å². The van der Waals surface area contributed by atoms with Crippen LogP contribution in [0.4, 0.5) is 0 Å². The zero-order valence-electron chi connectivity index (χ0n) is 22.4. The minimum atomic E-state index is -3.63. The number of carbonyl (C=O) groups is 2. The molecule has 0 saturated carbocycles. The third-order valence-electron chi connectivity index (χ3n) is 5.21. The molecule has 1 aromatic rings. The fraction of sp³-hybridized carbons (Fsp3) is 0.667. The summed E-state index contributed by atoms with van der Waals surface area (Å²) in [6.07, 6.45) is -3.82. The number of carbonyl (C=O) groups excluding carboxylic acids is 2. The molecular formula is C24H38O12P2.